The van der Waals surface area contributed by atoms with Gasteiger partial charge in [0.05, 0.1) is 25.1 Å². The molecule has 0 bridgehead atoms. The van der Waals surface area contributed by atoms with Crippen LogP contribution in [0.3, 0.4) is 0 Å². The normalized spacial score (nSPS) is 14.7. The van der Waals surface area contributed by atoms with Crippen molar-refractivity contribution in [2.24, 2.45) is 0 Å². The van der Waals surface area contributed by atoms with Crippen LogP contribution in [0, 0.1) is 0 Å². The first-order chi connectivity index (χ1) is 15.3. The molecule has 31 heavy (non-hydrogen) atoms. The van der Waals surface area contributed by atoms with Crippen LogP contribution < -0.4 is 10.6 Å². The Morgan fingerprint density at radius 1 is 1.10 bits per heavy atom. The molecule has 1 aliphatic heterocycles. The predicted molar refractivity (Wildman–Crippen MR) is 121 cm³/mol. The van der Waals surface area contributed by atoms with Crippen molar-refractivity contribution in [3.05, 3.63) is 54.6 Å². The number of morpholine rings is 1. The van der Waals surface area contributed by atoms with Crippen molar-refractivity contribution < 1.29 is 4.74 Å². The van der Waals surface area contributed by atoms with Crippen molar-refractivity contribution in [3.8, 4) is 11.3 Å². The highest BCUT2D eigenvalue weighted by molar-refractivity contribution is 7.20. The largest absolute Gasteiger partial charge is 0.379 e. The summed E-state index contributed by atoms with van der Waals surface area (Å²) >= 11 is 1.52. The predicted octanol–water partition coefficient (Wildman–Crippen LogP) is 2.60. The van der Waals surface area contributed by atoms with E-state index in [-0.39, 0.29) is 0 Å². The second kappa shape index (κ2) is 9.38. The molecule has 160 valence electrons. The van der Waals surface area contributed by atoms with Crippen molar-refractivity contribution in [1.29, 1.82) is 0 Å². The number of nitrogens with zero attached hydrogens (tertiary/aromatic N) is 6. The van der Waals surface area contributed by atoms with Gasteiger partial charge in [0.25, 0.3) is 0 Å². The monoisotopic (exact) mass is 436 g/mol. The molecule has 0 radical (unpaired) electrons. The van der Waals surface area contributed by atoms with E-state index >= 15 is 0 Å². The minimum absolute atomic E-state index is 0.682. The summed E-state index contributed by atoms with van der Waals surface area (Å²) in [4.78, 5) is 16.6. The van der Waals surface area contributed by atoms with E-state index in [0.717, 1.165) is 72.1 Å². The van der Waals surface area contributed by atoms with Crippen molar-refractivity contribution in [2.45, 2.75) is 6.54 Å². The maximum atomic E-state index is 5.38. The fraction of sp³-hybridized carbons (Fsp3) is 0.333. The number of pyridine rings is 2. The summed E-state index contributed by atoms with van der Waals surface area (Å²) in [5, 5.41) is 12.1. The van der Waals surface area contributed by atoms with E-state index in [1.54, 1.807) is 10.7 Å². The van der Waals surface area contributed by atoms with E-state index in [0.29, 0.717) is 6.54 Å². The molecule has 2 N–H and O–H groups in total. The molecule has 0 unspecified atom stereocenters. The topological polar surface area (TPSA) is 92.5 Å². The van der Waals surface area contributed by atoms with Crippen LogP contribution in [0.2, 0.25) is 0 Å². The highest BCUT2D eigenvalue weighted by Crippen LogP contribution is 2.25. The minimum Gasteiger partial charge on any atom is -0.379 e. The number of ether oxygens (including phenoxy) is 1. The Balaban J connectivity index is 1.17. The molecule has 0 spiro atoms. The molecule has 10 heteroatoms. The van der Waals surface area contributed by atoms with Crippen LogP contribution in [-0.2, 0) is 11.3 Å². The SMILES string of the molecule is c1cncc(CNc2nn3cc(-c4ccc(NCCN5CCOCC5)nc4)nc3s2)c1. The number of aromatic nitrogens is 5. The Bertz CT molecular complexity index is 1070. The fourth-order valence-corrected chi connectivity index (χ4v) is 4.18. The second-order valence-corrected chi connectivity index (χ2v) is 8.24. The molecule has 5 rings (SSSR count). The van der Waals surface area contributed by atoms with E-state index in [9.17, 15) is 0 Å². The Hall–Kier alpha value is -3.08. The third-order valence-corrected chi connectivity index (χ3v) is 5.99. The van der Waals surface area contributed by atoms with E-state index in [1.807, 2.05) is 42.9 Å². The van der Waals surface area contributed by atoms with Crippen LogP contribution >= 0.6 is 11.3 Å². The van der Waals surface area contributed by atoms with Gasteiger partial charge in [0.15, 0.2) is 0 Å². The van der Waals surface area contributed by atoms with E-state index in [4.69, 9.17) is 9.72 Å². The summed E-state index contributed by atoms with van der Waals surface area (Å²) < 4.78 is 7.19. The third kappa shape index (κ3) is 4.98. The highest BCUT2D eigenvalue weighted by atomic mass is 32.1. The fourth-order valence-electron chi connectivity index (χ4n) is 3.41. The Morgan fingerprint density at radius 2 is 2.03 bits per heavy atom. The first-order valence-corrected chi connectivity index (χ1v) is 11.1. The van der Waals surface area contributed by atoms with Gasteiger partial charge in [-0.15, -0.1) is 5.10 Å². The zero-order chi connectivity index (χ0) is 20.9. The van der Waals surface area contributed by atoms with Crippen LogP contribution in [0.4, 0.5) is 10.9 Å². The lowest BCUT2D eigenvalue weighted by Gasteiger charge is -2.26. The van der Waals surface area contributed by atoms with Crippen LogP contribution in [-0.4, -0.2) is 68.9 Å². The number of imidazole rings is 1. The van der Waals surface area contributed by atoms with Gasteiger partial charge in [0.1, 0.15) is 5.82 Å². The highest BCUT2D eigenvalue weighted by Gasteiger charge is 2.11. The molecule has 1 saturated heterocycles. The van der Waals surface area contributed by atoms with Crippen LogP contribution in [0.15, 0.2) is 49.1 Å². The van der Waals surface area contributed by atoms with E-state index in [2.05, 4.69) is 30.6 Å². The number of rotatable bonds is 8. The zero-order valence-corrected chi connectivity index (χ0v) is 17.9. The summed E-state index contributed by atoms with van der Waals surface area (Å²) in [6.45, 7) is 6.19. The molecule has 1 aliphatic rings. The van der Waals surface area contributed by atoms with Gasteiger partial charge < -0.3 is 15.4 Å². The maximum Gasteiger partial charge on any atom is 0.214 e. The molecular weight excluding hydrogens is 412 g/mol. The molecule has 0 saturated carbocycles. The lowest BCUT2D eigenvalue weighted by Crippen LogP contribution is -2.39. The number of anilines is 2. The molecule has 9 nitrogen and oxygen atoms in total. The van der Waals surface area contributed by atoms with E-state index in [1.165, 1.54) is 11.3 Å². The van der Waals surface area contributed by atoms with Crippen molar-refractivity contribution in [3.63, 3.8) is 0 Å². The Kier molecular flexibility index (Phi) is 6.01. The molecule has 4 aromatic heterocycles. The van der Waals surface area contributed by atoms with Gasteiger partial charge >= 0.3 is 0 Å². The lowest BCUT2D eigenvalue weighted by molar-refractivity contribution is 0.0398. The van der Waals surface area contributed by atoms with Crippen LogP contribution in [0.1, 0.15) is 5.56 Å². The minimum atomic E-state index is 0.682. The number of hydrogen-bond donors (Lipinski definition) is 2. The average molecular weight is 437 g/mol. The molecule has 0 atom stereocenters. The maximum absolute atomic E-state index is 5.38. The van der Waals surface area contributed by atoms with Gasteiger partial charge in [-0.3, -0.25) is 9.88 Å². The Morgan fingerprint density at radius 3 is 2.81 bits per heavy atom. The van der Waals surface area contributed by atoms with Crippen molar-refractivity contribution in [1.82, 2.24) is 29.5 Å². The number of nitrogens with one attached hydrogen (secondary N) is 2. The molecule has 1 fully saturated rings. The summed E-state index contributed by atoms with van der Waals surface area (Å²) in [7, 11) is 0. The van der Waals surface area contributed by atoms with Gasteiger partial charge in [-0.1, -0.05) is 17.4 Å². The van der Waals surface area contributed by atoms with Gasteiger partial charge in [-0.2, -0.15) is 0 Å². The molecule has 4 aromatic rings. The molecular formula is C21H24N8OS. The first-order valence-electron chi connectivity index (χ1n) is 10.3. The number of fused-ring (bicyclic) bond motifs is 1. The quantitative estimate of drug-likeness (QED) is 0.435. The van der Waals surface area contributed by atoms with Gasteiger partial charge in [-0.05, 0) is 23.8 Å². The van der Waals surface area contributed by atoms with Crippen molar-refractivity contribution >= 4 is 27.2 Å². The summed E-state index contributed by atoms with van der Waals surface area (Å²) in [6.07, 6.45) is 7.40. The van der Waals surface area contributed by atoms with Gasteiger partial charge in [0.2, 0.25) is 10.1 Å². The lowest BCUT2D eigenvalue weighted by atomic mass is 10.2. The first kappa shape index (κ1) is 19.9. The summed E-state index contributed by atoms with van der Waals surface area (Å²) in [5.74, 6) is 0.873. The second-order valence-electron chi connectivity index (χ2n) is 7.29. The smallest absolute Gasteiger partial charge is 0.214 e. The number of hydrogen-bond acceptors (Lipinski definition) is 9. The van der Waals surface area contributed by atoms with Crippen molar-refractivity contribution in [2.75, 3.05) is 50.0 Å². The van der Waals surface area contributed by atoms with E-state index < -0.39 is 0 Å². The molecule has 5 heterocycles. The molecule has 0 amide bonds. The standard InChI is InChI=1S/C21H24N8OS/c1-2-16(12-22-5-1)13-25-20-27-29-15-18(26-21(29)31-20)17-3-4-19(24-14-17)23-6-7-28-8-10-30-11-9-28/h1-5,12,14-15H,6-11,13H2,(H,23,24)(H,25,27). The molecule has 0 aromatic carbocycles. The Labute approximate surface area is 184 Å². The van der Waals surface area contributed by atoms with Gasteiger partial charge in [-0.25, -0.2) is 14.5 Å². The summed E-state index contributed by atoms with van der Waals surface area (Å²) in [6, 6.07) is 8.00. The van der Waals surface area contributed by atoms with Crippen LogP contribution in [0.25, 0.3) is 16.2 Å². The molecule has 0 aliphatic carbocycles. The van der Waals surface area contributed by atoms with Gasteiger partial charge in [0, 0.05) is 56.9 Å². The van der Waals surface area contributed by atoms with Crippen LogP contribution in [0.5, 0.6) is 0 Å². The third-order valence-electron chi connectivity index (χ3n) is 5.11. The summed E-state index contributed by atoms with van der Waals surface area (Å²) in [5.41, 5.74) is 2.95. The average Bonchev–Trinajstić information content (AvgIpc) is 3.39. The zero-order valence-electron chi connectivity index (χ0n) is 17.1.